The smallest absolute Gasteiger partial charge is 0.0136 e. The normalized spacial score (nSPS) is 20.4. The fraction of sp³-hybridized carbons (Fsp3) is 0.700. The van der Waals surface area contributed by atoms with E-state index >= 15 is 0 Å². The van der Waals surface area contributed by atoms with Crippen LogP contribution in [0.2, 0.25) is 0 Å². The summed E-state index contributed by atoms with van der Waals surface area (Å²) in [5.41, 5.74) is 4.79. The van der Waals surface area contributed by atoms with Crippen molar-refractivity contribution in [3.63, 3.8) is 0 Å². The summed E-state index contributed by atoms with van der Waals surface area (Å²) in [6.07, 6.45) is 5.41. The van der Waals surface area contributed by atoms with Gasteiger partial charge < -0.3 is 4.90 Å². The molecule has 1 saturated heterocycles. The molecule has 1 aliphatic heterocycles. The van der Waals surface area contributed by atoms with Gasteiger partial charge in [-0.25, -0.2) is 0 Å². The molecule has 118 valence electrons. The van der Waals surface area contributed by atoms with E-state index in [2.05, 4.69) is 57.7 Å². The van der Waals surface area contributed by atoms with E-state index in [9.17, 15) is 0 Å². The Morgan fingerprint density at radius 2 is 1.67 bits per heavy atom. The van der Waals surface area contributed by atoms with Gasteiger partial charge in [0.25, 0.3) is 0 Å². The average molecular weight is 287 g/mol. The summed E-state index contributed by atoms with van der Waals surface area (Å²) >= 11 is 0. The van der Waals surface area contributed by atoms with Crippen molar-refractivity contribution in [1.29, 1.82) is 0 Å². The summed E-state index contributed by atoms with van der Waals surface area (Å²) in [6, 6.07) is 7.71. The summed E-state index contributed by atoms with van der Waals surface area (Å²) in [5, 5.41) is 0. The number of benzene rings is 1. The molecule has 2 rings (SSSR count). The molecule has 1 aromatic rings. The summed E-state index contributed by atoms with van der Waals surface area (Å²) in [6.45, 7) is 14.1. The van der Waals surface area contributed by atoms with Crippen LogP contribution in [-0.4, -0.2) is 24.0 Å². The molecule has 0 saturated carbocycles. The van der Waals surface area contributed by atoms with Gasteiger partial charge in [-0.3, -0.25) is 0 Å². The summed E-state index contributed by atoms with van der Waals surface area (Å²) in [4.78, 5) is 2.70. The van der Waals surface area contributed by atoms with Crippen LogP contribution in [0.3, 0.4) is 0 Å². The number of nitrogens with zero attached hydrogens (tertiary/aromatic N) is 1. The predicted octanol–water partition coefficient (Wildman–Crippen LogP) is 5.35. The molecule has 0 N–H and O–H groups in total. The van der Waals surface area contributed by atoms with Crippen LogP contribution in [0.4, 0.5) is 0 Å². The lowest BCUT2D eigenvalue weighted by atomic mass is 9.84. The Morgan fingerprint density at radius 3 is 2.19 bits per heavy atom. The molecule has 21 heavy (non-hydrogen) atoms. The first-order chi connectivity index (χ1) is 10.0. The molecule has 0 amide bonds. The maximum absolute atomic E-state index is 2.70. The number of likely N-dealkylation sites (tertiary alicyclic amines) is 1. The Morgan fingerprint density at radius 1 is 1.05 bits per heavy atom. The highest BCUT2D eigenvalue weighted by atomic mass is 15.2. The fourth-order valence-corrected chi connectivity index (χ4v) is 3.88. The SMILES string of the molecule is CCN1CCCCC1Cc1c(C(C)C)cccc1C(C)C. The van der Waals surface area contributed by atoms with Gasteiger partial charge in [-0.15, -0.1) is 0 Å². The van der Waals surface area contributed by atoms with E-state index in [4.69, 9.17) is 0 Å². The van der Waals surface area contributed by atoms with Crippen LogP contribution in [-0.2, 0) is 6.42 Å². The van der Waals surface area contributed by atoms with Crippen molar-refractivity contribution in [3.05, 3.63) is 34.9 Å². The molecule has 1 unspecified atom stereocenters. The maximum atomic E-state index is 2.70. The van der Waals surface area contributed by atoms with E-state index in [-0.39, 0.29) is 0 Å². The highest BCUT2D eigenvalue weighted by Crippen LogP contribution is 2.31. The largest absolute Gasteiger partial charge is 0.300 e. The molecule has 1 heterocycles. The van der Waals surface area contributed by atoms with Crippen LogP contribution in [0.1, 0.15) is 82.4 Å². The van der Waals surface area contributed by atoms with Crippen LogP contribution in [0.15, 0.2) is 18.2 Å². The minimum atomic E-state index is 0.623. The number of hydrogen-bond acceptors (Lipinski definition) is 1. The summed E-state index contributed by atoms with van der Waals surface area (Å²) < 4.78 is 0. The Labute approximate surface area is 131 Å². The fourth-order valence-electron chi connectivity index (χ4n) is 3.88. The lowest BCUT2D eigenvalue weighted by Crippen LogP contribution is -2.41. The number of piperidine rings is 1. The van der Waals surface area contributed by atoms with E-state index in [1.807, 2.05) is 0 Å². The first-order valence-electron chi connectivity index (χ1n) is 8.90. The van der Waals surface area contributed by atoms with Crippen molar-refractivity contribution in [2.24, 2.45) is 0 Å². The molecule has 1 atom stereocenters. The van der Waals surface area contributed by atoms with Crippen molar-refractivity contribution in [1.82, 2.24) is 4.90 Å². The molecular formula is C20H33N. The molecule has 1 nitrogen and oxygen atoms in total. The lowest BCUT2D eigenvalue weighted by molar-refractivity contribution is 0.155. The van der Waals surface area contributed by atoms with Gasteiger partial charge in [0.1, 0.15) is 0 Å². The van der Waals surface area contributed by atoms with E-state index < -0.39 is 0 Å². The zero-order valence-electron chi connectivity index (χ0n) is 14.7. The van der Waals surface area contributed by atoms with E-state index in [0.717, 1.165) is 6.04 Å². The van der Waals surface area contributed by atoms with Gasteiger partial charge in [0.15, 0.2) is 0 Å². The molecule has 0 aliphatic carbocycles. The highest BCUT2D eigenvalue weighted by Gasteiger charge is 2.24. The van der Waals surface area contributed by atoms with Crippen LogP contribution in [0, 0.1) is 0 Å². The molecule has 0 spiro atoms. The van der Waals surface area contributed by atoms with Crippen molar-refractivity contribution < 1.29 is 0 Å². The van der Waals surface area contributed by atoms with E-state index in [1.54, 1.807) is 16.7 Å². The molecule has 0 aromatic heterocycles. The van der Waals surface area contributed by atoms with Crippen LogP contribution < -0.4 is 0 Å². The standard InChI is InChI=1S/C20H33N/c1-6-21-13-8-7-10-17(21)14-20-18(15(2)3)11-9-12-19(20)16(4)5/h9,11-12,15-17H,6-8,10,13-14H2,1-5H3. The van der Waals surface area contributed by atoms with Gasteiger partial charge in [0, 0.05) is 6.04 Å². The third kappa shape index (κ3) is 3.88. The second-order valence-electron chi connectivity index (χ2n) is 7.21. The second kappa shape index (κ2) is 7.45. The second-order valence-corrected chi connectivity index (χ2v) is 7.21. The maximum Gasteiger partial charge on any atom is 0.0136 e. The molecular weight excluding hydrogens is 254 g/mol. The van der Waals surface area contributed by atoms with Crippen LogP contribution >= 0.6 is 0 Å². The lowest BCUT2D eigenvalue weighted by Gasteiger charge is -2.36. The Bertz CT molecular complexity index is 421. The minimum absolute atomic E-state index is 0.623. The predicted molar refractivity (Wildman–Crippen MR) is 93.2 cm³/mol. The first-order valence-corrected chi connectivity index (χ1v) is 8.90. The van der Waals surface area contributed by atoms with E-state index in [1.165, 1.54) is 38.8 Å². The number of rotatable bonds is 5. The number of likely N-dealkylation sites (N-methyl/N-ethyl adjacent to an activating group) is 1. The van der Waals surface area contributed by atoms with Crippen molar-refractivity contribution >= 4 is 0 Å². The van der Waals surface area contributed by atoms with E-state index in [0.29, 0.717) is 11.8 Å². The summed E-state index contributed by atoms with van der Waals surface area (Å²) in [7, 11) is 0. The molecule has 1 aromatic carbocycles. The first kappa shape index (κ1) is 16.5. The summed E-state index contributed by atoms with van der Waals surface area (Å²) in [5.74, 6) is 1.25. The highest BCUT2D eigenvalue weighted by molar-refractivity contribution is 5.39. The van der Waals surface area contributed by atoms with Crippen molar-refractivity contribution in [3.8, 4) is 0 Å². The minimum Gasteiger partial charge on any atom is -0.300 e. The van der Waals surface area contributed by atoms with Gasteiger partial charge in [0.2, 0.25) is 0 Å². The monoisotopic (exact) mass is 287 g/mol. The molecule has 1 fully saturated rings. The quantitative estimate of drug-likeness (QED) is 0.705. The topological polar surface area (TPSA) is 3.24 Å². The average Bonchev–Trinajstić information content (AvgIpc) is 2.47. The zero-order valence-corrected chi connectivity index (χ0v) is 14.7. The van der Waals surface area contributed by atoms with Crippen LogP contribution in [0.5, 0.6) is 0 Å². The van der Waals surface area contributed by atoms with Gasteiger partial charge in [-0.05, 0) is 60.9 Å². The molecule has 0 radical (unpaired) electrons. The zero-order chi connectivity index (χ0) is 15.4. The van der Waals surface area contributed by atoms with Gasteiger partial charge >= 0.3 is 0 Å². The third-order valence-electron chi connectivity index (χ3n) is 5.09. The van der Waals surface area contributed by atoms with Crippen molar-refractivity contribution in [2.75, 3.05) is 13.1 Å². The van der Waals surface area contributed by atoms with Crippen LogP contribution in [0.25, 0.3) is 0 Å². The molecule has 1 heteroatoms. The van der Waals surface area contributed by atoms with Crippen molar-refractivity contribution in [2.45, 2.75) is 78.2 Å². The Kier molecular flexibility index (Phi) is 5.87. The molecule has 0 bridgehead atoms. The third-order valence-corrected chi connectivity index (χ3v) is 5.09. The molecule has 1 aliphatic rings. The van der Waals surface area contributed by atoms with Gasteiger partial charge in [-0.1, -0.05) is 59.2 Å². The number of hydrogen-bond donors (Lipinski definition) is 0. The Hall–Kier alpha value is -0.820. The Balaban J connectivity index is 2.32. The van der Waals surface area contributed by atoms with Gasteiger partial charge in [-0.2, -0.15) is 0 Å². The van der Waals surface area contributed by atoms with Gasteiger partial charge in [0.05, 0.1) is 0 Å².